The van der Waals surface area contributed by atoms with Crippen LogP contribution in [0, 0.1) is 0 Å². The van der Waals surface area contributed by atoms with E-state index in [1.807, 2.05) is 0 Å². The van der Waals surface area contributed by atoms with Crippen molar-refractivity contribution in [3.63, 3.8) is 0 Å². The van der Waals surface area contributed by atoms with Gasteiger partial charge in [0.15, 0.2) is 11.5 Å². The first-order valence-electron chi connectivity index (χ1n) is 6.84. The molecule has 0 N–H and O–H groups in total. The van der Waals surface area contributed by atoms with E-state index in [1.54, 1.807) is 37.6 Å². The molecule has 1 aliphatic heterocycles. The zero-order valence-corrected chi connectivity index (χ0v) is 12.6. The van der Waals surface area contributed by atoms with E-state index in [0.29, 0.717) is 40.5 Å². The van der Waals surface area contributed by atoms with Crippen LogP contribution in [0.1, 0.15) is 16.1 Å². The second-order valence-corrected chi connectivity index (χ2v) is 4.70. The Morgan fingerprint density at radius 1 is 1.26 bits per heavy atom. The molecule has 2 aromatic rings. The summed E-state index contributed by atoms with van der Waals surface area (Å²) in [5.41, 5.74) is 1.13. The van der Waals surface area contributed by atoms with Gasteiger partial charge in [0.1, 0.15) is 18.6 Å². The summed E-state index contributed by atoms with van der Waals surface area (Å²) in [6, 6.07) is 6.73. The van der Waals surface area contributed by atoms with E-state index in [2.05, 4.69) is 4.98 Å². The van der Waals surface area contributed by atoms with E-state index >= 15 is 0 Å². The Labute approximate surface area is 132 Å². The first kappa shape index (κ1) is 15.1. The lowest BCUT2D eigenvalue weighted by molar-refractivity contribution is -0.158. The van der Waals surface area contributed by atoms with Gasteiger partial charge in [-0.15, -0.1) is 0 Å². The van der Waals surface area contributed by atoms with Crippen molar-refractivity contribution >= 4 is 6.29 Å². The Kier molecular flexibility index (Phi) is 4.29. The number of aldehydes is 1. The first-order valence-corrected chi connectivity index (χ1v) is 6.84. The first-order chi connectivity index (χ1) is 11.2. The molecular formula is C16H15NO6. The molecule has 3 rings (SSSR count). The fourth-order valence-electron chi connectivity index (χ4n) is 2.06. The van der Waals surface area contributed by atoms with Crippen LogP contribution in [0.5, 0.6) is 23.0 Å². The molecule has 1 unspecified atom stereocenters. The molecule has 0 saturated carbocycles. The van der Waals surface area contributed by atoms with Gasteiger partial charge in [0.05, 0.1) is 19.0 Å². The van der Waals surface area contributed by atoms with Gasteiger partial charge >= 0.3 is 6.48 Å². The van der Waals surface area contributed by atoms with E-state index in [1.165, 1.54) is 7.11 Å². The third kappa shape index (κ3) is 3.19. The van der Waals surface area contributed by atoms with Crippen molar-refractivity contribution in [1.82, 2.24) is 4.98 Å². The minimum atomic E-state index is -0.853. The van der Waals surface area contributed by atoms with E-state index in [-0.39, 0.29) is 6.61 Å². The van der Waals surface area contributed by atoms with Gasteiger partial charge in [0.2, 0.25) is 5.75 Å². The quantitative estimate of drug-likeness (QED) is 0.756. The maximum absolute atomic E-state index is 11.0. The molecule has 23 heavy (non-hydrogen) atoms. The van der Waals surface area contributed by atoms with Crippen LogP contribution in [0.2, 0.25) is 0 Å². The van der Waals surface area contributed by atoms with E-state index in [4.69, 9.17) is 23.7 Å². The Hall–Kier alpha value is -2.80. The highest BCUT2D eigenvalue weighted by Gasteiger charge is 2.28. The number of methoxy groups -OCH3 is 2. The van der Waals surface area contributed by atoms with Gasteiger partial charge in [-0.25, -0.2) is 0 Å². The molecule has 1 aliphatic rings. The average molecular weight is 317 g/mol. The molecule has 0 aliphatic carbocycles. The molecule has 1 aromatic heterocycles. The monoisotopic (exact) mass is 317 g/mol. The van der Waals surface area contributed by atoms with Crippen LogP contribution in [0.25, 0.3) is 0 Å². The van der Waals surface area contributed by atoms with Gasteiger partial charge in [-0.2, -0.15) is 0 Å². The van der Waals surface area contributed by atoms with Crippen LogP contribution < -0.4 is 18.9 Å². The van der Waals surface area contributed by atoms with Gasteiger partial charge in [-0.1, -0.05) is 0 Å². The number of nitrogens with zero attached hydrogens (tertiary/aromatic N) is 1. The van der Waals surface area contributed by atoms with Crippen molar-refractivity contribution in [3.8, 4) is 23.0 Å². The fraction of sp³-hybridized carbons (Fsp3) is 0.250. The third-order valence-corrected chi connectivity index (χ3v) is 3.22. The number of ether oxygens (including phenoxy) is 5. The number of fused-ring (bicyclic) bond motifs is 1. The van der Waals surface area contributed by atoms with Gasteiger partial charge in [-0.05, 0) is 24.3 Å². The summed E-state index contributed by atoms with van der Waals surface area (Å²) < 4.78 is 26.7. The van der Waals surface area contributed by atoms with Crippen LogP contribution in [0.3, 0.4) is 0 Å². The van der Waals surface area contributed by atoms with Crippen molar-refractivity contribution in [1.29, 1.82) is 0 Å². The summed E-state index contributed by atoms with van der Waals surface area (Å²) in [6.07, 6.45) is 2.31. The molecule has 2 heterocycles. The lowest BCUT2D eigenvalue weighted by Gasteiger charge is -2.10. The number of aromatic nitrogens is 1. The molecule has 1 atom stereocenters. The summed E-state index contributed by atoms with van der Waals surface area (Å²) in [5.74, 6) is 1.86. The number of hydrogen-bond acceptors (Lipinski definition) is 7. The maximum atomic E-state index is 11.0. The van der Waals surface area contributed by atoms with Crippen LogP contribution in [-0.2, 0) is 11.3 Å². The molecule has 0 spiro atoms. The largest absolute Gasteiger partial charge is 0.495 e. The molecular weight excluding hydrogens is 302 g/mol. The zero-order chi connectivity index (χ0) is 16.2. The predicted octanol–water partition coefficient (Wildman–Crippen LogP) is 2.18. The third-order valence-electron chi connectivity index (χ3n) is 3.22. The standard InChI is InChI=1S/C16H15NO6/c1-19-12-4-3-11(17-7-12)9-21-13-5-10(8-18)6-14-15(13)23-16(20-2)22-14/h3-8,16H,9H2,1-2H3. The number of benzene rings is 1. The summed E-state index contributed by atoms with van der Waals surface area (Å²) in [5, 5.41) is 0. The van der Waals surface area contributed by atoms with E-state index in [9.17, 15) is 4.79 Å². The maximum Gasteiger partial charge on any atom is 0.361 e. The van der Waals surface area contributed by atoms with E-state index < -0.39 is 6.48 Å². The molecule has 120 valence electrons. The minimum absolute atomic E-state index is 0.208. The molecule has 0 radical (unpaired) electrons. The van der Waals surface area contributed by atoms with Crippen LogP contribution in [0.4, 0.5) is 0 Å². The highest BCUT2D eigenvalue weighted by Crippen LogP contribution is 2.44. The van der Waals surface area contributed by atoms with Crippen molar-refractivity contribution in [2.45, 2.75) is 13.1 Å². The summed E-state index contributed by atoms with van der Waals surface area (Å²) in [6.45, 7) is -0.645. The highest BCUT2D eigenvalue weighted by atomic mass is 16.9. The second kappa shape index (κ2) is 6.53. The van der Waals surface area contributed by atoms with Gasteiger partial charge < -0.3 is 23.7 Å². The summed E-state index contributed by atoms with van der Waals surface area (Å²) >= 11 is 0. The van der Waals surface area contributed by atoms with Crippen LogP contribution in [0.15, 0.2) is 30.5 Å². The number of rotatable bonds is 6. The molecule has 0 saturated heterocycles. The smallest absolute Gasteiger partial charge is 0.361 e. The molecule has 0 bridgehead atoms. The fourth-order valence-corrected chi connectivity index (χ4v) is 2.06. The minimum Gasteiger partial charge on any atom is -0.495 e. The Morgan fingerprint density at radius 2 is 2.13 bits per heavy atom. The van der Waals surface area contributed by atoms with Crippen LogP contribution in [-0.4, -0.2) is 32.0 Å². The molecule has 0 amide bonds. The number of hydrogen-bond donors (Lipinski definition) is 0. The van der Waals surface area contributed by atoms with Gasteiger partial charge in [0.25, 0.3) is 0 Å². The normalized spacial score (nSPS) is 15.3. The van der Waals surface area contributed by atoms with Crippen molar-refractivity contribution in [3.05, 3.63) is 41.7 Å². The molecule has 7 nitrogen and oxygen atoms in total. The number of pyridine rings is 1. The highest BCUT2D eigenvalue weighted by molar-refractivity contribution is 5.78. The Balaban J connectivity index is 1.79. The topological polar surface area (TPSA) is 76.1 Å². The van der Waals surface area contributed by atoms with Gasteiger partial charge in [-0.3, -0.25) is 9.78 Å². The lowest BCUT2D eigenvalue weighted by atomic mass is 10.2. The summed E-state index contributed by atoms with van der Waals surface area (Å²) in [7, 11) is 3.03. The zero-order valence-electron chi connectivity index (χ0n) is 12.6. The van der Waals surface area contributed by atoms with Crippen LogP contribution >= 0.6 is 0 Å². The SMILES string of the molecule is COc1ccc(COc2cc(C=O)cc3c2OC(OC)O3)nc1. The van der Waals surface area contributed by atoms with E-state index in [0.717, 1.165) is 0 Å². The number of carbonyl (C=O) groups excluding carboxylic acids is 1. The summed E-state index contributed by atoms with van der Waals surface area (Å²) in [4.78, 5) is 15.3. The molecule has 0 fully saturated rings. The van der Waals surface area contributed by atoms with Crippen molar-refractivity contribution in [2.24, 2.45) is 0 Å². The second-order valence-electron chi connectivity index (χ2n) is 4.70. The predicted molar refractivity (Wildman–Crippen MR) is 79.0 cm³/mol. The van der Waals surface area contributed by atoms with Crippen molar-refractivity contribution in [2.75, 3.05) is 14.2 Å². The lowest BCUT2D eigenvalue weighted by Crippen LogP contribution is -2.19. The number of carbonyl (C=O) groups is 1. The van der Waals surface area contributed by atoms with Crippen molar-refractivity contribution < 1.29 is 28.5 Å². The van der Waals surface area contributed by atoms with Gasteiger partial charge in [0, 0.05) is 12.7 Å². The molecule has 7 heteroatoms. The Morgan fingerprint density at radius 3 is 2.78 bits per heavy atom. The average Bonchev–Trinajstić information content (AvgIpc) is 3.03. The molecule has 1 aromatic carbocycles. The Bertz CT molecular complexity index is 700.